The van der Waals surface area contributed by atoms with E-state index >= 15 is 0 Å². The van der Waals surface area contributed by atoms with Gasteiger partial charge in [-0.1, -0.05) is 12.8 Å². The van der Waals surface area contributed by atoms with Crippen molar-refractivity contribution in [2.24, 2.45) is 11.8 Å². The summed E-state index contributed by atoms with van der Waals surface area (Å²) in [7, 11) is 0. The Morgan fingerprint density at radius 3 is 2.29 bits per heavy atom. The van der Waals surface area contributed by atoms with Crippen molar-refractivity contribution in [1.29, 1.82) is 0 Å². The first kappa shape index (κ1) is 18.0. The molecule has 0 spiro atoms. The average molecular weight is 346 g/mol. The second-order valence-corrected chi connectivity index (χ2v) is 7.78. The van der Waals surface area contributed by atoms with Crippen LogP contribution in [0.2, 0.25) is 0 Å². The van der Waals surface area contributed by atoms with Gasteiger partial charge in [0.1, 0.15) is 0 Å². The molecule has 0 bridgehead atoms. The van der Waals surface area contributed by atoms with Crippen LogP contribution in [0.3, 0.4) is 0 Å². The summed E-state index contributed by atoms with van der Waals surface area (Å²) >= 11 is 0. The Hall–Kier alpha value is -0.780. The lowest BCUT2D eigenvalue weighted by atomic mass is 9.80. The quantitative estimate of drug-likeness (QED) is 0.759. The van der Waals surface area contributed by atoms with Gasteiger partial charge < -0.3 is 4.90 Å². The maximum atomic E-state index is 13.0. The standard InChI is InChI=1S/C18H29F3N2O/c19-18(20,21)15-7-5-6-14(12-15)17(24)23-11-2-1-8-16(13-23)22-9-3-4-10-22/h14-16H,1-13H2/t14-,15-,16-/m1/s1. The van der Waals surface area contributed by atoms with E-state index in [0.29, 0.717) is 25.4 Å². The van der Waals surface area contributed by atoms with Crippen LogP contribution in [0.25, 0.3) is 0 Å². The van der Waals surface area contributed by atoms with E-state index in [9.17, 15) is 18.0 Å². The van der Waals surface area contributed by atoms with E-state index in [4.69, 9.17) is 0 Å². The Balaban J connectivity index is 1.62. The van der Waals surface area contributed by atoms with Crippen LogP contribution in [0.1, 0.15) is 57.8 Å². The zero-order chi connectivity index (χ0) is 17.2. The summed E-state index contributed by atoms with van der Waals surface area (Å²) < 4.78 is 39.1. The van der Waals surface area contributed by atoms with Crippen LogP contribution in [0.4, 0.5) is 13.2 Å². The van der Waals surface area contributed by atoms with Crippen molar-refractivity contribution in [2.75, 3.05) is 26.2 Å². The Morgan fingerprint density at radius 2 is 1.58 bits per heavy atom. The highest BCUT2D eigenvalue weighted by Gasteiger charge is 2.44. The van der Waals surface area contributed by atoms with Gasteiger partial charge in [0.25, 0.3) is 0 Å². The molecule has 2 aliphatic heterocycles. The fourth-order valence-corrected chi connectivity index (χ4v) is 4.69. The lowest BCUT2D eigenvalue weighted by molar-refractivity contribution is -0.187. The molecule has 24 heavy (non-hydrogen) atoms. The summed E-state index contributed by atoms with van der Waals surface area (Å²) in [5, 5.41) is 0. The van der Waals surface area contributed by atoms with Crippen LogP contribution in [0, 0.1) is 11.8 Å². The Kier molecular flexibility index (Phi) is 5.73. The highest BCUT2D eigenvalue weighted by Crippen LogP contribution is 2.40. The number of halogens is 3. The average Bonchev–Trinajstić information content (AvgIpc) is 2.98. The van der Waals surface area contributed by atoms with Crippen LogP contribution in [0.15, 0.2) is 0 Å². The number of hydrogen-bond donors (Lipinski definition) is 0. The molecule has 0 unspecified atom stereocenters. The monoisotopic (exact) mass is 346 g/mol. The summed E-state index contributed by atoms with van der Waals surface area (Å²) in [4.78, 5) is 17.2. The molecule has 1 amide bonds. The first-order valence-corrected chi connectivity index (χ1v) is 9.54. The van der Waals surface area contributed by atoms with Crippen LogP contribution < -0.4 is 0 Å². The first-order chi connectivity index (χ1) is 11.4. The summed E-state index contributed by atoms with van der Waals surface area (Å²) in [6.07, 6.45) is 2.81. The third kappa shape index (κ3) is 4.24. The number of carbonyl (C=O) groups excluding carboxylic acids is 1. The normalized spacial score (nSPS) is 33.5. The predicted molar refractivity (Wildman–Crippen MR) is 86.5 cm³/mol. The molecule has 6 heteroatoms. The molecule has 0 radical (unpaired) electrons. The SMILES string of the molecule is O=C([C@@H]1CCC[C@@H](C(F)(F)F)C1)N1CCCC[C@@H](N2CCCC2)C1. The maximum absolute atomic E-state index is 13.0. The minimum Gasteiger partial charge on any atom is -0.341 e. The minimum absolute atomic E-state index is 0.00673. The molecule has 138 valence electrons. The van der Waals surface area contributed by atoms with Gasteiger partial charge in [0.05, 0.1) is 5.92 Å². The maximum Gasteiger partial charge on any atom is 0.391 e. The predicted octanol–water partition coefficient (Wildman–Crippen LogP) is 3.83. The van der Waals surface area contributed by atoms with Gasteiger partial charge in [0.15, 0.2) is 0 Å². The zero-order valence-corrected chi connectivity index (χ0v) is 14.4. The molecule has 0 aromatic carbocycles. The fourth-order valence-electron chi connectivity index (χ4n) is 4.69. The van der Waals surface area contributed by atoms with Crippen LogP contribution in [-0.4, -0.2) is 54.1 Å². The molecule has 3 nitrogen and oxygen atoms in total. The van der Waals surface area contributed by atoms with Gasteiger partial charge in [-0.3, -0.25) is 9.69 Å². The van der Waals surface area contributed by atoms with E-state index in [1.165, 1.54) is 12.8 Å². The van der Waals surface area contributed by atoms with E-state index in [1.54, 1.807) is 0 Å². The molecule has 0 aromatic rings. The van der Waals surface area contributed by atoms with Crippen molar-refractivity contribution in [3.63, 3.8) is 0 Å². The number of carbonyl (C=O) groups is 1. The number of likely N-dealkylation sites (tertiary alicyclic amines) is 2. The molecule has 3 rings (SSSR count). The number of rotatable bonds is 2. The van der Waals surface area contributed by atoms with E-state index in [-0.39, 0.29) is 18.7 Å². The zero-order valence-electron chi connectivity index (χ0n) is 14.4. The third-order valence-corrected chi connectivity index (χ3v) is 6.10. The molecular formula is C18H29F3N2O. The number of amides is 1. The fraction of sp³-hybridized carbons (Fsp3) is 0.944. The van der Waals surface area contributed by atoms with Gasteiger partial charge >= 0.3 is 6.18 Å². The van der Waals surface area contributed by atoms with Crippen molar-refractivity contribution < 1.29 is 18.0 Å². The largest absolute Gasteiger partial charge is 0.391 e. The Morgan fingerprint density at radius 1 is 0.875 bits per heavy atom. The van der Waals surface area contributed by atoms with Crippen LogP contribution >= 0.6 is 0 Å². The van der Waals surface area contributed by atoms with Crippen molar-refractivity contribution in [3.05, 3.63) is 0 Å². The molecule has 2 heterocycles. The van der Waals surface area contributed by atoms with E-state index in [2.05, 4.69) is 4.90 Å². The topological polar surface area (TPSA) is 23.6 Å². The summed E-state index contributed by atoms with van der Waals surface area (Å²) in [6.45, 7) is 3.64. The smallest absolute Gasteiger partial charge is 0.341 e. The van der Waals surface area contributed by atoms with Gasteiger partial charge in [0.2, 0.25) is 5.91 Å². The molecule has 2 saturated heterocycles. The number of nitrogens with zero attached hydrogens (tertiary/aromatic N) is 2. The molecule has 3 atom stereocenters. The Bertz CT molecular complexity index is 434. The molecule has 1 saturated carbocycles. The van der Waals surface area contributed by atoms with Crippen LogP contribution in [0.5, 0.6) is 0 Å². The summed E-state index contributed by atoms with van der Waals surface area (Å²) in [6, 6.07) is 0.404. The molecule has 3 aliphatic rings. The van der Waals surface area contributed by atoms with E-state index < -0.39 is 18.0 Å². The second-order valence-electron chi connectivity index (χ2n) is 7.78. The van der Waals surface area contributed by atoms with Gasteiger partial charge in [-0.25, -0.2) is 0 Å². The van der Waals surface area contributed by atoms with Crippen molar-refractivity contribution in [1.82, 2.24) is 9.80 Å². The Labute approximate surface area is 142 Å². The van der Waals surface area contributed by atoms with Crippen molar-refractivity contribution in [3.8, 4) is 0 Å². The van der Waals surface area contributed by atoms with Crippen LogP contribution in [-0.2, 0) is 4.79 Å². The summed E-state index contributed by atoms with van der Waals surface area (Å²) in [5.41, 5.74) is 0. The second kappa shape index (κ2) is 7.63. The molecular weight excluding hydrogens is 317 g/mol. The highest BCUT2D eigenvalue weighted by molar-refractivity contribution is 5.79. The van der Waals surface area contributed by atoms with Gasteiger partial charge in [-0.2, -0.15) is 13.2 Å². The molecule has 0 aromatic heterocycles. The van der Waals surface area contributed by atoms with Gasteiger partial charge in [0, 0.05) is 25.0 Å². The van der Waals surface area contributed by atoms with E-state index in [0.717, 1.165) is 38.9 Å². The lowest BCUT2D eigenvalue weighted by Crippen LogP contribution is -2.46. The number of hydrogen-bond acceptors (Lipinski definition) is 2. The lowest BCUT2D eigenvalue weighted by Gasteiger charge is -2.35. The summed E-state index contributed by atoms with van der Waals surface area (Å²) in [5.74, 6) is -1.74. The number of alkyl halides is 3. The third-order valence-electron chi connectivity index (χ3n) is 6.10. The van der Waals surface area contributed by atoms with Crippen molar-refractivity contribution in [2.45, 2.75) is 70.0 Å². The first-order valence-electron chi connectivity index (χ1n) is 9.54. The molecule has 1 aliphatic carbocycles. The van der Waals surface area contributed by atoms with Gasteiger partial charge in [-0.15, -0.1) is 0 Å². The molecule has 0 N–H and O–H groups in total. The van der Waals surface area contributed by atoms with Gasteiger partial charge in [-0.05, 0) is 58.0 Å². The van der Waals surface area contributed by atoms with Crippen molar-refractivity contribution >= 4 is 5.91 Å². The molecule has 3 fully saturated rings. The minimum atomic E-state index is -4.16. The van der Waals surface area contributed by atoms with E-state index in [1.807, 2.05) is 4.90 Å². The highest BCUT2D eigenvalue weighted by atomic mass is 19.4.